The van der Waals surface area contributed by atoms with E-state index in [1.165, 1.54) is 0 Å². The van der Waals surface area contributed by atoms with Gasteiger partial charge in [0.2, 0.25) is 5.13 Å². The van der Waals surface area contributed by atoms with Crippen molar-refractivity contribution in [2.24, 2.45) is 5.10 Å². The third-order valence-corrected chi connectivity index (χ3v) is 4.85. The second-order valence-electron chi connectivity index (χ2n) is 4.64. The smallest absolute Gasteiger partial charge is 0.204 e. The van der Waals surface area contributed by atoms with Gasteiger partial charge in [0, 0.05) is 0 Å². The highest BCUT2D eigenvalue weighted by Gasteiger charge is 2.06. The number of nitrogens with zero attached hydrogens (tertiary/aromatic N) is 2. The van der Waals surface area contributed by atoms with Gasteiger partial charge in [-0.2, -0.15) is 5.10 Å². The van der Waals surface area contributed by atoms with Gasteiger partial charge >= 0.3 is 0 Å². The molecule has 0 aliphatic carbocycles. The number of fused-ring (bicyclic) bond motifs is 1. The molecule has 0 unspecified atom stereocenters. The van der Waals surface area contributed by atoms with E-state index in [9.17, 15) is 0 Å². The molecule has 0 bridgehead atoms. The molecule has 3 nitrogen and oxygen atoms in total. The van der Waals surface area contributed by atoms with Crippen molar-refractivity contribution >= 4 is 55.6 Å². The zero-order valence-electron chi connectivity index (χ0n) is 11.8. The Morgan fingerprint density at radius 2 is 2.00 bits per heavy atom. The van der Waals surface area contributed by atoms with E-state index in [1.807, 2.05) is 43.3 Å². The highest BCUT2D eigenvalue weighted by Crippen LogP contribution is 2.26. The normalized spacial score (nSPS) is 11.9. The average molecular weight is 350 g/mol. The number of benzene rings is 2. The molecule has 1 aromatic heterocycles. The number of anilines is 1. The van der Waals surface area contributed by atoms with Gasteiger partial charge in [-0.3, -0.25) is 5.43 Å². The molecule has 1 heterocycles. The van der Waals surface area contributed by atoms with Crippen molar-refractivity contribution in [1.29, 1.82) is 0 Å². The number of hydrogen-bond acceptors (Lipinski definition) is 4. The first-order valence-electron chi connectivity index (χ1n) is 6.81. The SMILES string of the molecule is CC/C(=N/Nc1nc2ccccc2s1)c1ccc(Cl)c(Cl)c1. The summed E-state index contributed by atoms with van der Waals surface area (Å²) in [6.07, 6.45) is 0.774. The second-order valence-corrected chi connectivity index (χ2v) is 6.48. The van der Waals surface area contributed by atoms with E-state index in [-0.39, 0.29) is 0 Å². The fourth-order valence-electron chi connectivity index (χ4n) is 2.06. The minimum Gasteiger partial charge on any atom is -0.252 e. The number of hydrazone groups is 1. The molecule has 0 fully saturated rings. The Bertz CT molecular complexity index is 809. The molecule has 0 aliphatic heterocycles. The summed E-state index contributed by atoms with van der Waals surface area (Å²) in [6, 6.07) is 13.5. The van der Waals surface area contributed by atoms with E-state index < -0.39 is 0 Å². The Hall–Kier alpha value is -1.62. The van der Waals surface area contributed by atoms with Gasteiger partial charge in [0.15, 0.2) is 0 Å². The van der Waals surface area contributed by atoms with Gasteiger partial charge in [-0.05, 0) is 36.2 Å². The molecule has 3 rings (SSSR count). The lowest BCUT2D eigenvalue weighted by atomic mass is 10.1. The highest BCUT2D eigenvalue weighted by molar-refractivity contribution is 7.22. The lowest BCUT2D eigenvalue weighted by Gasteiger charge is -2.05. The minimum atomic E-state index is 0.528. The summed E-state index contributed by atoms with van der Waals surface area (Å²) in [7, 11) is 0. The topological polar surface area (TPSA) is 37.3 Å². The van der Waals surface area contributed by atoms with Gasteiger partial charge in [-0.15, -0.1) is 0 Å². The first-order chi connectivity index (χ1) is 10.7. The molecule has 22 heavy (non-hydrogen) atoms. The molecule has 0 aliphatic rings. The van der Waals surface area contributed by atoms with Crippen LogP contribution in [0.1, 0.15) is 18.9 Å². The Morgan fingerprint density at radius 3 is 2.73 bits per heavy atom. The van der Waals surface area contributed by atoms with Gasteiger partial charge in [0.05, 0.1) is 26.0 Å². The van der Waals surface area contributed by atoms with Gasteiger partial charge in [-0.1, -0.05) is 59.7 Å². The van der Waals surface area contributed by atoms with Crippen molar-refractivity contribution in [3.05, 3.63) is 58.1 Å². The molecule has 6 heteroatoms. The number of thiazole rings is 1. The summed E-state index contributed by atoms with van der Waals surface area (Å²) in [5.41, 5.74) is 5.86. The van der Waals surface area contributed by atoms with Crippen LogP contribution in [-0.4, -0.2) is 10.7 Å². The molecule has 2 aromatic carbocycles. The summed E-state index contributed by atoms with van der Waals surface area (Å²) in [5.74, 6) is 0. The van der Waals surface area contributed by atoms with Crippen LogP contribution in [0.15, 0.2) is 47.6 Å². The fraction of sp³-hybridized carbons (Fsp3) is 0.125. The first kappa shape index (κ1) is 15.3. The maximum absolute atomic E-state index is 6.07. The van der Waals surface area contributed by atoms with Crippen molar-refractivity contribution in [3.63, 3.8) is 0 Å². The van der Waals surface area contributed by atoms with Crippen LogP contribution in [0.25, 0.3) is 10.2 Å². The zero-order valence-corrected chi connectivity index (χ0v) is 14.1. The van der Waals surface area contributed by atoms with Gasteiger partial charge in [0.1, 0.15) is 0 Å². The Balaban J connectivity index is 1.86. The van der Waals surface area contributed by atoms with E-state index >= 15 is 0 Å². The first-order valence-corrected chi connectivity index (χ1v) is 8.38. The molecule has 1 N–H and O–H groups in total. The third-order valence-electron chi connectivity index (χ3n) is 3.17. The van der Waals surface area contributed by atoms with Crippen molar-refractivity contribution < 1.29 is 0 Å². The maximum atomic E-state index is 6.07. The number of aromatic nitrogens is 1. The van der Waals surface area contributed by atoms with E-state index in [0.717, 1.165) is 33.0 Å². The second kappa shape index (κ2) is 6.65. The predicted molar refractivity (Wildman–Crippen MR) is 96.5 cm³/mol. The molecule has 0 spiro atoms. The number of hydrogen-bond donors (Lipinski definition) is 1. The average Bonchev–Trinajstić information content (AvgIpc) is 2.94. The lowest BCUT2D eigenvalue weighted by molar-refractivity contribution is 1.21. The van der Waals surface area contributed by atoms with Crippen LogP contribution in [0.4, 0.5) is 5.13 Å². The summed E-state index contributed by atoms with van der Waals surface area (Å²) in [6.45, 7) is 2.04. The summed E-state index contributed by atoms with van der Waals surface area (Å²) in [5, 5.41) is 6.30. The van der Waals surface area contributed by atoms with E-state index in [0.29, 0.717) is 10.0 Å². The van der Waals surface area contributed by atoms with Crippen LogP contribution in [0.3, 0.4) is 0 Å². The third kappa shape index (κ3) is 3.24. The monoisotopic (exact) mass is 349 g/mol. The quantitative estimate of drug-likeness (QED) is 0.475. The zero-order chi connectivity index (χ0) is 15.5. The predicted octanol–water partition coefficient (Wildman–Crippen LogP) is 5.83. The Morgan fingerprint density at radius 1 is 1.18 bits per heavy atom. The molecule has 0 amide bonds. The molecular weight excluding hydrogens is 337 g/mol. The molecule has 0 saturated carbocycles. The van der Waals surface area contributed by atoms with Crippen molar-refractivity contribution in [2.45, 2.75) is 13.3 Å². The van der Waals surface area contributed by atoms with Gasteiger partial charge < -0.3 is 0 Å². The summed E-state index contributed by atoms with van der Waals surface area (Å²) >= 11 is 13.6. The van der Waals surface area contributed by atoms with E-state index in [1.54, 1.807) is 17.4 Å². The number of para-hydroxylation sites is 1. The maximum Gasteiger partial charge on any atom is 0.204 e. The van der Waals surface area contributed by atoms with Crippen LogP contribution in [-0.2, 0) is 0 Å². The summed E-state index contributed by atoms with van der Waals surface area (Å²) < 4.78 is 1.13. The van der Waals surface area contributed by atoms with Gasteiger partial charge in [-0.25, -0.2) is 4.98 Å². The molecule has 112 valence electrons. The largest absolute Gasteiger partial charge is 0.252 e. The van der Waals surface area contributed by atoms with E-state index in [4.69, 9.17) is 23.2 Å². The molecule has 0 saturated heterocycles. The molecule has 0 radical (unpaired) electrons. The van der Waals surface area contributed by atoms with Crippen molar-refractivity contribution in [1.82, 2.24) is 4.98 Å². The van der Waals surface area contributed by atoms with Crippen LogP contribution in [0, 0.1) is 0 Å². The number of rotatable bonds is 4. The van der Waals surface area contributed by atoms with E-state index in [2.05, 4.69) is 15.5 Å². The standard InChI is InChI=1S/C16H13Cl2N3S/c1-2-13(10-7-8-11(17)12(18)9-10)20-21-16-19-14-5-3-4-6-15(14)22-16/h3-9H,2H2,1H3,(H,19,21)/b20-13-. The fourth-order valence-corrected chi connectivity index (χ4v) is 3.17. The van der Waals surface area contributed by atoms with Crippen molar-refractivity contribution in [3.8, 4) is 0 Å². The lowest BCUT2D eigenvalue weighted by Crippen LogP contribution is -2.03. The summed E-state index contributed by atoms with van der Waals surface area (Å²) in [4.78, 5) is 4.50. The Kier molecular flexibility index (Phi) is 4.62. The van der Waals surface area contributed by atoms with Gasteiger partial charge in [0.25, 0.3) is 0 Å². The molecular formula is C16H13Cl2N3S. The Labute approximate surface area is 142 Å². The highest BCUT2D eigenvalue weighted by atomic mass is 35.5. The van der Waals surface area contributed by atoms with Crippen LogP contribution < -0.4 is 5.43 Å². The van der Waals surface area contributed by atoms with Crippen molar-refractivity contribution in [2.75, 3.05) is 5.43 Å². The number of halogens is 2. The minimum absolute atomic E-state index is 0.528. The molecule has 3 aromatic rings. The van der Waals surface area contributed by atoms with Crippen LogP contribution in [0.5, 0.6) is 0 Å². The van der Waals surface area contributed by atoms with Crippen LogP contribution in [0.2, 0.25) is 10.0 Å². The number of nitrogens with one attached hydrogen (secondary N) is 1. The molecule has 0 atom stereocenters. The van der Waals surface area contributed by atoms with Crippen LogP contribution >= 0.6 is 34.5 Å².